The molecule has 7 heteroatoms. The first kappa shape index (κ1) is 20.0. The second kappa shape index (κ2) is 8.40. The maximum Gasteiger partial charge on any atom is 0.240 e. The molecule has 0 bridgehead atoms. The normalized spacial score (nSPS) is 11.3. The quantitative estimate of drug-likeness (QED) is 0.841. The van der Waals surface area contributed by atoms with Crippen molar-refractivity contribution in [3.8, 4) is 10.6 Å². The fourth-order valence-corrected chi connectivity index (χ4v) is 3.23. The molecule has 0 spiro atoms. The van der Waals surface area contributed by atoms with Gasteiger partial charge < -0.3 is 10.2 Å². The largest absolute Gasteiger partial charge is 0.350 e. The lowest BCUT2D eigenvalue weighted by Crippen LogP contribution is -2.47. The van der Waals surface area contributed by atoms with E-state index in [-0.39, 0.29) is 36.1 Å². The van der Waals surface area contributed by atoms with Crippen LogP contribution in [0.1, 0.15) is 33.4 Å². The van der Waals surface area contributed by atoms with Crippen LogP contribution in [0.3, 0.4) is 0 Å². The van der Waals surface area contributed by atoms with Gasteiger partial charge in [0, 0.05) is 23.0 Å². The summed E-state index contributed by atoms with van der Waals surface area (Å²) in [5, 5.41) is 5.31. The number of amides is 2. The number of rotatable bonds is 6. The van der Waals surface area contributed by atoms with Crippen LogP contribution in [0.2, 0.25) is 0 Å². The summed E-state index contributed by atoms with van der Waals surface area (Å²) in [6.45, 7) is 7.98. The zero-order valence-corrected chi connectivity index (χ0v) is 16.3. The molecule has 0 saturated carbocycles. The third-order valence-electron chi connectivity index (χ3n) is 3.54. The first-order chi connectivity index (χ1) is 12.2. The highest BCUT2D eigenvalue weighted by Crippen LogP contribution is 2.24. The molecule has 1 N–H and O–H groups in total. The smallest absolute Gasteiger partial charge is 0.240 e. The Morgan fingerprint density at radius 2 is 2.04 bits per heavy atom. The Balaban J connectivity index is 2.01. The molecule has 0 radical (unpaired) electrons. The van der Waals surface area contributed by atoms with Crippen molar-refractivity contribution in [1.29, 1.82) is 0 Å². The molecule has 5 nitrogen and oxygen atoms in total. The van der Waals surface area contributed by atoms with Gasteiger partial charge in [0.05, 0.1) is 18.7 Å². The molecule has 140 valence electrons. The first-order valence-corrected chi connectivity index (χ1v) is 9.35. The monoisotopic (exact) mass is 377 g/mol. The van der Waals surface area contributed by atoms with Gasteiger partial charge in [-0.15, -0.1) is 11.3 Å². The number of hydrogen-bond acceptors (Lipinski definition) is 4. The highest BCUT2D eigenvalue weighted by molar-refractivity contribution is 7.13. The predicted octanol–water partition coefficient (Wildman–Crippen LogP) is 3.25. The van der Waals surface area contributed by atoms with Gasteiger partial charge in [0.15, 0.2) is 0 Å². The van der Waals surface area contributed by atoms with Crippen LogP contribution in [-0.4, -0.2) is 40.3 Å². The molecule has 0 atom stereocenters. The van der Waals surface area contributed by atoms with Gasteiger partial charge in [0.1, 0.15) is 10.8 Å². The number of benzene rings is 1. The fourth-order valence-electron chi connectivity index (χ4n) is 2.42. The number of hydrogen-bond donors (Lipinski definition) is 1. The van der Waals surface area contributed by atoms with Gasteiger partial charge in [0.25, 0.3) is 0 Å². The molecule has 0 aliphatic carbocycles. The van der Waals surface area contributed by atoms with E-state index in [1.807, 2.05) is 27.7 Å². The molecule has 1 heterocycles. The number of carbonyl (C=O) groups is 2. The van der Waals surface area contributed by atoms with E-state index in [0.29, 0.717) is 22.8 Å². The summed E-state index contributed by atoms with van der Waals surface area (Å²) >= 11 is 1.37. The van der Waals surface area contributed by atoms with Crippen LogP contribution in [0, 0.1) is 5.82 Å². The lowest BCUT2D eigenvalue weighted by Gasteiger charge is -2.25. The molecule has 0 aliphatic rings. The molecule has 2 rings (SSSR count). The summed E-state index contributed by atoms with van der Waals surface area (Å²) in [7, 11) is 0. The van der Waals surface area contributed by atoms with Gasteiger partial charge >= 0.3 is 0 Å². The van der Waals surface area contributed by atoms with Gasteiger partial charge in [-0.05, 0) is 39.8 Å². The molecule has 2 amide bonds. The standard InChI is InChI=1S/C19H24FN3O2S/c1-5-23(11-16(24)22-19(2,3)4)17(25)10-15-12-26-18(21-15)13-7-6-8-14(20)9-13/h6-9,12H,5,10-11H2,1-4H3,(H,22,24). The number of likely N-dealkylation sites (N-methyl/N-ethyl adjacent to an activating group) is 1. The summed E-state index contributed by atoms with van der Waals surface area (Å²) in [6.07, 6.45) is 0.114. The summed E-state index contributed by atoms with van der Waals surface area (Å²) in [6, 6.07) is 6.20. The Hall–Kier alpha value is -2.28. The van der Waals surface area contributed by atoms with Crippen molar-refractivity contribution in [2.75, 3.05) is 13.1 Å². The van der Waals surface area contributed by atoms with Crippen LogP contribution in [0.4, 0.5) is 4.39 Å². The zero-order chi connectivity index (χ0) is 19.3. The predicted molar refractivity (Wildman–Crippen MR) is 101 cm³/mol. The maximum atomic E-state index is 13.3. The Labute approximate surface area is 157 Å². The van der Waals surface area contributed by atoms with Crippen molar-refractivity contribution in [3.05, 3.63) is 41.2 Å². The Morgan fingerprint density at radius 1 is 1.31 bits per heavy atom. The van der Waals surface area contributed by atoms with E-state index in [4.69, 9.17) is 0 Å². The van der Waals surface area contributed by atoms with Crippen molar-refractivity contribution < 1.29 is 14.0 Å². The van der Waals surface area contributed by atoms with Gasteiger partial charge in [-0.3, -0.25) is 9.59 Å². The van der Waals surface area contributed by atoms with Gasteiger partial charge in [-0.2, -0.15) is 0 Å². The number of aromatic nitrogens is 1. The third-order valence-corrected chi connectivity index (χ3v) is 4.48. The fraction of sp³-hybridized carbons (Fsp3) is 0.421. The van der Waals surface area contributed by atoms with E-state index < -0.39 is 0 Å². The Morgan fingerprint density at radius 3 is 2.65 bits per heavy atom. The Bertz CT molecular complexity index is 783. The van der Waals surface area contributed by atoms with Crippen molar-refractivity contribution in [2.45, 2.75) is 39.7 Å². The minimum Gasteiger partial charge on any atom is -0.350 e. The number of thiazole rings is 1. The van der Waals surface area contributed by atoms with Gasteiger partial charge in [-0.25, -0.2) is 9.37 Å². The average Bonchev–Trinajstić information content (AvgIpc) is 2.99. The zero-order valence-electron chi connectivity index (χ0n) is 15.5. The summed E-state index contributed by atoms with van der Waals surface area (Å²) in [4.78, 5) is 30.5. The van der Waals surface area contributed by atoms with Crippen molar-refractivity contribution in [1.82, 2.24) is 15.2 Å². The highest BCUT2D eigenvalue weighted by atomic mass is 32.1. The van der Waals surface area contributed by atoms with Crippen LogP contribution < -0.4 is 5.32 Å². The third kappa shape index (κ3) is 5.91. The molecule has 1 aromatic carbocycles. The van der Waals surface area contributed by atoms with Crippen LogP contribution >= 0.6 is 11.3 Å². The topological polar surface area (TPSA) is 62.3 Å². The highest BCUT2D eigenvalue weighted by Gasteiger charge is 2.20. The van der Waals surface area contributed by atoms with E-state index in [9.17, 15) is 14.0 Å². The summed E-state index contributed by atoms with van der Waals surface area (Å²) in [5.74, 6) is -0.670. The molecule has 0 fully saturated rings. The Kier molecular flexibility index (Phi) is 6.47. The van der Waals surface area contributed by atoms with Gasteiger partial charge in [-0.1, -0.05) is 12.1 Å². The van der Waals surface area contributed by atoms with E-state index in [0.717, 1.165) is 0 Å². The first-order valence-electron chi connectivity index (χ1n) is 8.47. The minimum absolute atomic E-state index is 0.0213. The second-order valence-corrected chi connectivity index (χ2v) is 7.90. The molecule has 0 unspecified atom stereocenters. The molecule has 1 aromatic heterocycles. The second-order valence-electron chi connectivity index (χ2n) is 7.04. The minimum atomic E-state index is -0.339. The molecule has 0 aliphatic heterocycles. The van der Waals surface area contributed by atoms with E-state index in [1.54, 1.807) is 17.5 Å². The van der Waals surface area contributed by atoms with Gasteiger partial charge in [0.2, 0.25) is 11.8 Å². The van der Waals surface area contributed by atoms with E-state index >= 15 is 0 Å². The van der Waals surface area contributed by atoms with E-state index in [1.165, 1.54) is 28.4 Å². The van der Waals surface area contributed by atoms with Crippen LogP contribution in [0.25, 0.3) is 10.6 Å². The van der Waals surface area contributed by atoms with Crippen molar-refractivity contribution >= 4 is 23.2 Å². The maximum absolute atomic E-state index is 13.3. The number of nitrogens with zero attached hydrogens (tertiary/aromatic N) is 2. The average molecular weight is 377 g/mol. The molecular weight excluding hydrogens is 353 g/mol. The van der Waals surface area contributed by atoms with E-state index in [2.05, 4.69) is 10.3 Å². The number of nitrogens with one attached hydrogen (secondary N) is 1. The van der Waals surface area contributed by atoms with Crippen LogP contribution in [-0.2, 0) is 16.0 Å². The van der Waals surface area contributed by atoms with Crippen molar-refractivity contribution in [2.24, 2.45) is 0 Å². The SMILES string of the molecule is CCN(CC(=O)NC(C)(C)C)C(=O)Cc1csc(-c2cccc(F)c2)n1. The number of halogens is 1. The van der Waals surface area contributed by atoms with Crippen molar-refractivity contribution in [3.63, 3.8) is 0 Å². The van der Waals surface area contributed by atoms with Crippen LogP contribution in [0.5, 0.6) is 0 Å². The summed E-state index contributed by atoms with van der Waals surface area (Å²) in [5.41, 5.74) is 0.966. The number of carbonyl (C=O) groups excluding carboxylic acids is 2. The molecular formula is C19H24FN3O2S. The van der Waals surface area contributed by atoms with Crippen LogP contribution in [0.15, 0.2) is 29.6 Å². The molecule has 2 aromatic rings. The summed E-state index contributed by atoms with van der Waals surface area (Å²) < 4.78 is 13.3. The molecule has 26 heavy (non-hydrogen) atoms. The lowest BCUT2D eigenvalue weighted by molar-refractivity contribution is -0.135. The lowest BCUT2D eigenvalue weighted by atomic mass is 10.1. The molecule has 0 saturated heterocycles.